The van der Waals surface area contributed by atoms with Gasteiger partial charge in [-0.1, -0.05) is 6.92 Å². The molecule has 1 atom stereocenters. The Morgan fingerprint density at radius 1 is 1.15 bits per heavy atom. The van der Waals surface area contributed by atoms with Crippen molar-refractivity contribution in [2.45, 2.75) is 26.9 Å². The first-order valence-electron chi connectivity index (χ1n) is 6.70. The number of rotatable bonds is 6. The first kappa shape index (κ1) is 16.2. The van der Waals surface area contributed by atoms with Crippen LogP contribution in [-0.2, 0) is 9.53 Å². The number of carbonyl (C=O) groups is 2. The van der Waals surface area contributed by atoms with Gasteiger partial charge in [-0.05, 0) is 45.2 Å². The SMILES string of the molecule is CNCC(C)C(=O)Nc1ccc(C(=O)OC(C)C)cc1. The smallest absolute Gasteiger partial charge is 0.338 e. The molecule has 0 aromatic heterocycles. The van der Waals surface area contributed by atoms with Crippen molar-refractivity contribution in [2.75, 3.05) is 18.9 Å². The summed E-state index contributed by atoms with van der Waals surface area (Å²) in [6.07, 6.45) is -0.149. The number of amides is 1. The van der Waals surface area contributed by atoms with Crippen molar-refractivity contribution >= 4 is 17.6 Å². The maximum atomic E-state index is 11.8. The lowest BCUT2D eigenvalue weighted by Crippen LogP contribution is -2.28. The second kappa shape index (κ2) is 7.65. The van der Waals surface area contributed by atoms with E-state index in [0.717, 1.165) is 0 Å². The van der Waals surface area contributed by atoms with E-state index >= 15 is 0 Å². The van der Waals surface area contributed by atoms with Crippen LogP contribution in [0.1, 0.15) is 31.1 Å². The normalized spacial score (nSPS) is 12.1. The molecular formula is C15H22N2O3. The molecule has 0 bridgehead atoms. The van der Waals surface area contributed by atoms with E-state index in [9.17, 15) is 9.59 Å². The Balaban J connectivity index is 2.63. The van der Waals surface area contributed by atoms with Gasteiger partial charge in [-0.2, -0.15) is 0 Å². The summed E-state index contributed by atoms with van der Waals surface area (Å²) >= 11 is 0. The standard InChI is InChI=1S/C15H22N2O3/c1-10(2)20-15(19)12-5-7-13(8-6-12)17-14(18)11(3)9-16-4/h5-8,10-11,16H,9H2,1-4H3,(H,17,18). The van der Waals surface area contributed by atoms with Crippen molar-refractivity contribution in [1.29, 1.82) is 0 Å². The van der Waals surface area contributed by atoms with E-state index in [1.807, 2.05) is 6.92 Å². The van der Waals surface area contributed by atoms with E-state index in [1.54, 1.807) is 45.2 Å². The molecule has 0 spiro atoms. The van der Waals surface area contributed by atoms with Crippen LogP contribution in [-0.4, -0.2) is 31.6 Å². The largest absolute Gasteiger partial charge is 0.459 e. The fourth-order valence-electron chi connectivity index (χ4n) is 1.64. The fourth-order valence-corrected chi connectivity index (χ4v) is 1.64. The zero-order chi connectivity index (χ0) is 15.1. The molecule has 0 saturated carbocycles. The molecule has 1 rings (SSSR count). The molecule has 0 aliphatic carbocycles. The number of hydrogen-bond donors (Lipinski definition) is 2. The van der Waals surface area contributed by atoms with Crippen LogP contribution in [0.5, 0.6) is 0 Å². The molecule has 0 saturated heterocycles. The van der Waals surface area contributed by atoms with Gasteiger partial charge >= 0.3 is 5.97 Å². The fraction of sp³-hybridized carbons (Fsp3) is 0.467. The van der Waals surface area contributed by atoms with Crippen LogP contribution in [0.25, 0.3) is 0 Å². The molecule has 1 unspecified atom stereocenters. The molecule has 2 N–H and O–H groups in total. The zero-order valence-corrected chi connectivity index (χ0v) is 12.4. The van der Waals surface area contributed by atoms with Gasteiger partial charge in [-0.15, -0.1) is 0 Å². The summed E-state index contributed by atoms with van der Waals surface area (Å²) < 4.78 is 5.09. The van der Waals surface area contributed by atoms with Gasteiger partial charge in [0.25, 0.3) is 0 Å². The van der Waals surface area contributed by atoms with Crippen LogP contribution >= 0.6 is 0 Å². The number of nitrogens with one attached hydrogen (secondary N) is 2. The highest BCUT2D eigenvalue weighted by atomic mass is 16.5. The molecule has 0 heterocycles. The zero-order valence-electron chi connectivity index (χ0n) is 12.4. The molecule has 110 valence electrons. The maximum Gasteiger partial charge on any atom is 0.338 e. The van der Waals surface area contributed by atoms with Crippen LogP contribution in [0.3, 0.4) is 0 Å². The minimum Gasteiger partial charge on any atom is -0.459 e. The Labute approximate surface area is 119 Å². The molecule has 5 heteroatoms. The first-order valence-corrected chi connectivity index (χ1v) is 6.70. The molecule has 1 amide bonds. The number of ether oxygens (including phenoxy) is 1. The van der Waals surface area contributed by atoms with Crippen molar-refractivity contribution < 1.29 is 14.3 Å². The Morgan fingerprint density at radius 3 is 2.25 bits per heavy atom. The molecule has 0 aliphatic heterocycles. The predicted octanol–water partition coefficient (Wildman–Crippen LogP) is 2.05. The summed E-state index contributed by atoms with van der Waals surface area (Å²) in [5.74, 6) is -0.538. The van der Waals surface area contributed by atoms with Crippen LogP contribution in [0.4, 0.5) is 5.69 Å². The lowest BCUT2D eigenvalue weighted by Gasteiger charge is -2.12. The van der Waals surface area contributed by atoms with Gasteiger partial charge in [-0.25, -0.2) is 4.79 Å². The van der Waals surface area contributed by atoms with Gasteiger partial charge < -0.3 is 15.4 Å². The second-order valence-corrected chi connectivity index (χ2v) is 4.98. The Kier molecular flexibility index (Phi) is 6.18. The average molecular weight is 278 g/mol. The number of anilines is 1. The van der Waals surface area contributed by atoms with Gasteiger partial charge in [0, 0.05) is 18.2 Å². The van der Waals surface area contributed by atoms with Gasteiger partial charge in [0.15, 0.2) is 0 Å². The van der Waals surface area contributed by atoms with Crippen LogP contribution in [0.15, 0.2) is 24.3 Å². The first-order chi connectivity index (χ1) is 9.43. The highest BCUT2D eigenvalue weighted by Crippen LogP contribution is 2.12. The summed E-state index contributed by atoms with van der Waals surface area (Å²) in [7, 11) is 1.80. The lowest BCUT2D eigenvalue weighted by molar-refractivity contribution is -0.119. The summed E-state index contributed by atoms with van der Waals surface area (Å²) in [6, 6.07) is 6.67. The van der Waals surface area contributed by atoms with E-state index < -0.39 is 0 Å². The van der Waals surface area contributed by atoms with Crippen LogP contribution in [0, 0.1) is 5.92 Å². The molecular weight excluding hydrogens is 256 g/mol. The minimum atomic E-state index is -0.360. The third-order valence-corrected chi connectivity index (χ3v) is 2.69. The van der Waals surface area contributed by atoms with Crippen molar-refractivity contribution in [3.63, 3.8) is 0 Å². The van der Waals surface area contributed by atoms with Crippen molar-refractivity contribution in [3.05, 3.63) is 29.8 Å². The van der Waals surface area contributed by atoms with Gasteiger partial charge in [0.05, 0.1) is 11.7 Å². The van der Waals surface area contributed by atoms with Crippen molar-refractivity contribution in [2.24, 2.45) is 5.92 Å². The van der Waals surface area contributed by atoms with Gasteiger partial charge in [-0.3, -0.25) is 4.79 Å². The maximum absolute atomic E-state index is 11.8. The quantitative estimate of drug-likeness (QED) is 0.781. The van der Waals surface area contributed by atoms with E-state index in [0.29, 0.717) is 17.8 Å². The molecule has 20 heavy (non-hydrogen) atoms. The number of carbonyl (C=O) groups excluding carboxylic acids is 2. The van der Waals surface area contributed by atoms with Crippen molar-refractivity contribution in [3.8, 4) is 0 Å². The predicted molar refractivity (Wildman–Crippen MR) is 78.7 cm³/mol. The Hall–Kier alpha value is -1.88. The van der Waals surface area contributed by atoms with Crippen LogP contribution in [0.2, 0.25) is 0 Å². The minimum absolute atomic E-state index is 0.0585. The van der Waals surface area contributed by atoms with Crippen molar-refractivity contribution in [1.82, 2.24) is 5.32 Å². The summed E-state index contributed by atoms with van der Waals surface area (Å²) in [5.41, 5.74) is 1.14. The molecule has 0 fully saturated rings. The summed E-state index contributed by atoms with van der Waals surface area (Å²) in [5, 5.41) is 5.76. The van der Waals surface area contributed by atoms with E-state index in [4.69, 9.17) is 4.74 Å². The average Bonchev–Trinajstić information content (AvgIpc) is 2.39. The summed E-state index contributed by atoms with van der Waals surface area (Å²) in [6.45, 7) is 6.07. The topological polar surface area (TPSA) is 67.4 Å². The highest BCUT2D eigenvalue weighted by Gasteiger charge is 2.13. The Morgan fingerprint density at radius 2 is 1.75 bits per heavy atom. The molecule has 1 aromatic rings. The summed E-state index contributed by atoms with van der Waals surface area (Å²) in [4.78, 5) is 23.5. The van der Waals surface area contributed by atoms with E-state index in [2.05, 4.69) is 10.6 Å². The van der Waals surface area contributed by atoms with E-state index in [1.165, 1.54) is 0 Å². The number of esters is 1. The van der Waals surface area contributed by atoms with Crippen LogP contribution < -0.4 is 10.6 Å². The monoisotopic (exact) mass is 278 g/mol. The lowest BCUT2D eigenvalue weighted by atomic mass is 10.1. The Bertz CT molecular complexity index is 455. The number of hydrogen-bond acceptors (Lipinski definition) is 4. The molecule has 5 nitrogen and oxygen atoms in total. The third kappa shape index (κ3) is 5.01. The molecule has 0 radical (unpaired) electrons. The third-order valence-electron chi connectivity index (χ3n) is 2.69. The van der Waals surface area contributed by atoms with E-state index in [-0.39, 0.29) is 23.9 Å². The van der Waals surface area contributed by atoms with Gasteiger partial charge in [0.1, 0.15) is 0 Å². The van der Waals surface area contributed by atoms with Gasteiger partial charge in [0.2, 0.25) is 5.91 Å². The number of benzene rings is 1. The molecule has 0 aliphatic rings. The highest BCUT2D eigenvalue weighted by molar-refractivity contribution is 5.94. The molecule has 1 aromatic carbocycles. The second-order valence-electron chi connectivity index (χ2n) is 4.98.